The molecule has 1 aromatic carbocycles. The van der Waals surface area contributed by atoms with Crippen LogP contribution in [0.25, 0.3) is 11.0 Å². The lowest BCUT2D eigenvalue weighted by atomic mass is 9.96. The van der Waals surface area contributed by atoms with Crippen LogP contribution in [0.5, 0.6) is 5.75 Å². The van der Waals surface area contributed by atoms with Crippen LogP contribution in [-0.4, -0.2) is 22.5 Å². The molecule has 0 bridgehead atoms. The SMILES string of the molecule is Cc1cc2c(cc1C(=O)NSc1ccnc3[nH]ccc13)OCC[C@@H]2N. The maximum absolute atomic E-state index is 12.6. The average Bonchev–Trinajstić information content (AvgIpc) is 3.09. The van der Waals surface area contributed by atoms with Crippen molar-refractivity contribution in [2.45, 2.75) is 24.3 Å². The minimum absolute atomic E-state index is 0.0346. The molecular weight excluding hydrogens is 336 g/mol. The number of fused-ring (bicyclic) bond motifs is 2. The maximum atomic E-state index is 12.6. The number of ether oxygens (including phenoxy) is 1. The summed E-state index contributed by atoms with van der Waals surface area (Å²) in [6.45, 7) is 2.49. The number of hydrogen-bond acceptors (Lipinski definition) is 5. The lowest BCUT2D eigenvalue weighted by Crippen LogP contribution is -2.23. The van der Waals surface area contributed by atoms with Crippen LogP contribution in [0.15, 0.2) is 41.6 Å². The van der Waals surface area contributed by atoms with Gasteiger partial charge in [-0.05, 0) is 42.6 Å². The van der Waals surface area contributed by atoms with Gasteiger partial charge >= 0.3 is 0 Å². The quantitative estimate of drug-likeness (QED) is 0.629. The Morgan fingerprint density at radius 1 is 1.44 bits per heavy atom. The summed E-state index contributed by atoms with van der Waals surface area (Å²) in [7, 11) is 0. The topological polar surface area (TPSA) is 93.0 Å². The molecule has 4 rings (SSSR count). The molecule has 3 heterocycles. The zero-order valence-electron chi connectivity index (χ0n) is 13.7. The van der Waals surface area contributed by atoms with E-state index in [1.807, 2.05) is 31.3 Å². The Bertz CT molecular complexity index is 953. The van der Waals surface area contributed by atoms with Crippen molar-refractivity contribution in [3.05, 3.63) is 53.3 Å². The summed E-state index contributed by atoms with van der Waals surface area (Å²) in [5.41, 5.74) is 9.38. The molecule has 2 aromatic heterocycles. The number of rotatable bonds is 3. The van der Waals surface area contributed by atoms with Gasteiger partial charge in [-0.3, -0.25) is 9.52 Å². The number of nitrogens with two attached hydrogens (primary N) is 1. The molecule has 0 aliphatic carbocycles. The van der Waals surface area contributed by atoms with Gasteiger partial charge in [0.1, 0.15) is 11.4 Å². The number of nitrogens with zero attached hydrogens (tertiary/aromatic N) is 1. The van der Waals surface area contributed by atoms with Crippen LogP contribution < -0.4 is 15.2 Å². The number of hydrogen-bond donors (Lipinski definition) is 3. The van der Waals surface area contributed by atoms with Crippen LogP contribution in [-0.2, 0) is 0 Å². The average molecular weight is 354 g/mol. The molecule has 0 unspecified atom stereocenters. The first-order chi connectivity index (χ1) is 12.1. The fraction of sp³-hybridized carbons (Fsp3) is 0.222. The van der Waals surface area contributed by atoms with Crippen LogP contribution >= 0.6 is 11.9 Å². The number of amides is 1. The smallest absolute Gasteiger partial charge is 0.261 e. The van der Waals surface area contributed by atoms with Gasteiger partial charge in [-0.25, -0.2) is 4.98 Å². The standard InChI is InChI=1S/C18H18N4O2S/c1-10-8-13-14(19)4-7-24-15(13)9-12(10)18(23)22-25-16-3-6-21-17-11(16)2-5-20-17/h2-3,5-6,8-9,14H,4,7,19H2,1H3,(H,20,21)(H,22,23)/t14-/m0/s1. The zero-order chi connectivity index (χ0) is 17.4. The predicted molar refractivity (Wildman–Crippen MR) is 97.6 cm³/mol. The first kappa shape index (κ1) is 16.0. The minimum atomic E-state index is -0.159. The third-order valence-corrected chi connectivity index (χ3v) is 5.22. The van der Waals surface area contributed by atoms with E-state index in [9.17, 15) is 4.79 Å². The number of H-pyrrole nitrogens is 1. The molecule has 1 amide bonds. The summed E-state index contributed by atoms with van der Waals surface area (Å²) < 4.78 is 8.58. The number of carbonyl (C=O) groups excluding carboxylic acids is 1. The molecule has 0 spiro atoms. The Morgan fingerprint density at radius 2 is 2.32 bits per heavy atom. The number of carbonyl (C=O) groups is 1. The summed E-state index contributed by atoms with van der Waals surface area (Å²) in [6.07, 6.45) is 4.34. The summed E-state index contributed by atoms with van der Waals surface area (Å²) in [5.74, 6) is 0.546. The van der Waals surface area contributed by atoms with Gasteiger partial charge in [0.15, 0.2) is 0 Å². The van der Waals surface area contributed by atoms with Gasteiger partial charge < -0.3 is 15.5 Å². The fourth-order valence-corrected chi connectivity index (χ4v) is 3.72. The van der Waals surface area contributed by atoms with Crippen molar-refractivity contribution >= 4 is 28.9 Å². The molecule has 128 valence electrons. The summed E-state index contributed by atoms with van der Waals surface area (Å²) >= 11 is 1.28. The van der Waals surface area contributed by atoms with E-state index in [0.29, 0.717) is 17.9 Å². The van der Waals surface area contributed by atoms with E-state index >= 15 is 0 Å². The second-order valence-corrected chi connectivity index (χ2v) is 6.88. The summed E-state index contributed by atoms with van der Waals surface area (Å²) in [5, 5.41) is 0.976. The minimum Gasteiger partial charge on any atom is -0.493 e. The molecular formula is C18H18N4O2S. The van der Waals surface area contributed by atoms with Crippen molar-refractivity contribution in [2.24, 2.45) is 5.73 Å². The largest absolute Gasteiger partial charge is 0.493 e. The van der Waals surface area contributed by atoms with Crippen molar-refractivity contribution < 1.29 is 9.53 Å². The Labute approximate surface area is 149 Å². The Balaban J connectivity index is 1.56. The van der Waals surface area contributed by atoms with Crippen molar-refractivity contribution in [1.29, 1.82) is 0 Å². The second kappa shape index (κ2) is 6.42. The molecule has 0 fully saturated rings. The molecule has 0 radical (unpaired) electrons. The first-order valence-corrected chi connectivity index (χ1v) is 8.87. The van der Waals surface area contributed by atoms with Crippen LogP contribution in [0.3, 0.4) is 0 Å². The van der Waals surface area contributed by atoms with Gasteiger partial charge in [0, 0.05) is 46.3 Å². The molecule has 0 saturated carbocycles. The summed E-state index contributed by atoms with van der Waals surface area (Å²) in [4.78, 5) is 20.9. The van der Waals surface area contributed by atoms with E-state index in [2.05, 4.69) is 14.7 Å². The fourth-order valence-electron chi connectivity index (χ4n) is 3.00. The highest BCUT2D eigenvalue weighted by atomic mass is 32.2. The highest BCUT2D eigenvalue weighted by Gasteiger charge is 2.21. The number of nitrogens with one attached hydrogen (secondary N) is 2. The van der Waals surface area contributed by atoms with Crippen molar-refractivity contribution in [3.8, 4) is 5.75 Å². The molecule has 1 atom stereocenters. The van der Waals surface area contributed by atoms with Gasteiger partial charge in [-0.2, -0.15) is 0 Å². The van der Waals surface area contributed by atoms with Crippen LogP contribution in [0.2, 0.25) is 0 Å². The number of aromatic amines is 1. The van der Waals surface area contributed by atoms with Crippen molar-refractivity contribution in [1.82, 2.24) is 14.7 Å². The predicted octanol–water partition coefficient (Wildman–Crippen LogP) is 3.09. The Kier molecular flexibility index (Phi) is 4.10. The number of aryl methyl sites for hydroxylation is 1. The van der Waals surface area contributed by atoms with Gasteiger partial charge in [0.05, 0.1) is 6.61 Å². The molecule has 25 heavy (non-hydrogen) atoms. The molecule has 3 aromatic rings. The molecule has 1 aliphatic rings. The van der Waals surface area contributed by atoms with Crippen LogP contribution in [0, 0.1) is 6.92 Å². The number of benzene rings is 1. The molecule has 0 saturated heterocycles. The second-order valence-electron chi connectivity index (χ2n) is 6.03. The maximum Gasteiger partial charge on any atom is 0.261 e. The van der Waals surface area contributed by atoms with E-state index in [1.165, 1.54) is 11.9 Å². The van der Waals surface area contributed by atoms with Gasteiger partial charge in [-0.1, -0.05) is 6.07 Å². The van der Waals surface area contributed by atoms with Crippen LogP contribution in [0.4, 0.5) is 0 Å². The van der Waals surface area contributed by atoms with E-state index in [4.69, 9.17) is 10.5 Å². The molecule has 4 N–H and O–H groups in total. The van der Waals surface area contributed by atoms with Gasteiger partial charge in [0.25, 0.3) is 5.91 Å². The third kappa shape index (κ3) is 2.96. The number of aromatic nitrogens is 2. The highest BCUT2D eigenvalue weighted by Crippen LogP contribution is 2.33. The number of pyridine rings is 1. The third-order valence-electron chi connectivity index (χ3n) is 4.36. The van der Waals surface area contributed by atoms with E-state index in [0.717, 1.165) is 33.5 Å². The Morgan fingerprint density at radius 3 is 3.20 bits per heavy atom. The summed E-state index contributed by atoms with van der Waals surface area (Å²) in [6, 6.07) is 7.53. The van der Waals surface area contributed by atoms with Crippen molar-refractivity contribution in [3.63, 3.8) is 0 Å². The highest BCUT2D eigenvalue weighted by molar-refractivity contribution is 7.98. The lowest BCUT2D eigenvalue weighted by Gasteiger charge is -2.24. The zero-order valence-corrected chi connectivity index (χ0v) is 14.5. The van der Waals surface area contributed by atoms with E-state index in [-0.39, 0.29) is 11.9 Å². The molecule has 6 nitrogen and oxygen atoms in total. The van der Waals surface area contributed by atoms with Crippen LogP contribution in [0.1, 0.15) is 33.9 Å². The normalized spacial score (nSPS) is 16.3. The van der Waals surface area contributed by atoms with Gasteiger partial charge in [0.2, 0.25) is 0 Å². The van der Waals surface area contributed by atoms with Gasteiger partial charge in [-0.15, -0.1) is 0 Å². The first-order valence-electron chi connectivity index (χ1n) is 8.05. The molecule has 7 heteroatoms. The van der Waals surface area contributed by atoms with E-state index < -0.39 is 0 Å². The van der Waals surface area contributed by atoms with Crippen molar-refractivity contribution in [2.75, 3.05) is 6.61 Å². The lowest BCUT2D eigenvalue weighted by molar-refractivity contribution is 0.0983. The molecule has 1 aliphatic heterocycles. The Hall–Kier alpha value is -2.51. The monoisotopic (exact) mass is 354 g/mol. The van der Waals surface area contributed by atoms with E-state index in [1.54, 1.807) is 12.3 Å².